The zero-order chi connectivity index (χ0) is 40.2. The number of carbonyl (C=O) groups is 2. The first-order valence-corrected chi connectivity index (χ1v) is 20.1. The number of benzene rings is 6. The molecule has 8 nitrogen and oxygen atoms in total. The molecule has 0 saturated heterocycles. The summed E-state index contributed by atoms with van der Waals surface area (Å²) in [4.78, 5) is 27.4. The van der Waals surface area contributed by atoms with Gasteiger partial charge in [-0.05, 0) is 69.3 Å². The smallest absolute Gasteiger partial charge is 0.331 e. The summed E-state index contributed by atoms with van der Waals surface area (Å²) in [5.41, 5.74) is 7.25. The van der Waals surface area contributed by atoms with Gasteiger partial charge in [-0.1, -0.05) is 190 Å². The van der Waals surface area contributed by atoms with Gasteiger partial charge in [-0.15, -0.1) is 15.0 Å². The lowest BCUT2D eigenvalue weighted by atomic mass is 9.77. The first-order chi connectivity index (χ1) is 28.4. The number of nitrogens with one attached hydrogen (secondary N) is 1. The van der Waals surface area contributed by atoms with Crippen LogP contribution in [0.3, 0.4) is 0 Å². The topological polar surface area (TPSA) is 99.0 Å². The molecule has 8 heteroatoms. The van der Waals surface area contributed by atoms with Crippen LogP contribution in [0.15, 0.2) is 170 Å². The zero-order valence-electron chi connectivity index (χ0n) is 33.1. The van der Waals surface area contributed by atoms with Crippen molar-refractivity contribution in [2.75, 3.05) is 0 Å². The molecule has 1 heterocycles. The minimum atomic E-state index is -0.880. The maximum atomic E-state index is 13.1. The van der Waals surface area contributed by atoms with Crippen LogP contribution < -0.4 is 5.32 Å². The highest BCUT2D eigenvalue weighted by atomic mass is 16.6. The van der Waals surface area contributed by atoms with E-state index in [1.807, 2.05) is 117 Å². The molecular weight excluding hydrogens is 719 g/mol. The normalized spacial score (nSPS) is 12.0. The predicted octanol–water partition coefficient (Wildman–Crippen LogP) is 9.83. The molecule has 0 fully saturated rings. The van der Waals surface area contributed by atoms with Crippen LogP contribution in [0.1, 0.15) is 67.3 Å². The summed E-state index contributed by atoms with van der Waals surface area (Å²) in [7, 11) is 0. The summed E-state index contributed by atoms with van der Waals surface area (Å²) < 4.78 is 5.30. The largest absolute Gasteiger partial charge is 0.392 e. The second kappa shape index (κ2) is 19.1. The van der Waals surface area contributed by atoms with Gasteiger partial charge in [0.25, 0.3) is 0 Å². The fraction of sp³-hybridized carbons (Fsp3) is 0.220. The van der Waals surface area contributed by atoms with Gasteiger partial charge in [-0.2, -0.15) is 0 Å². The van der Waals surface area contributed by atoms with Gasteiger partial charge >= 0.3 is 11.9 Å². The summed E-state index contributed by atoms with van der Waals surface area (Å²) in [5.74, 6) is -0.567. The van der Waals surface area contributed by atoms with E-state index >= 15 is 0 Å². The number of esters is 2. The summed E-state index contributed by atoms with van der Waals surface area (Å²) in [6.07, 6.45) is 3.79. The van der Waals surface area contributed by atoms with Gasteiger partial charge in [-0.3, -0.25) is 4.79 Å². The number of tetrazole rings is 1. The average Bonchev–Trinajstić information content (AvgIpc) is 3.76. The lowest BCUT2D eigenvalue weighted by molar-refractivity contribution is -0.162. The molecule has 0 unspecified atom stereocenters. The number of unbranched alkanes of at least 4 members (excludes halogenated alkanes) is 2. The van der Waals surface area contributed by atoms with Crippen molar-refractivity contribution in [2.24, 2.45) is 5.92 Å². The molecule has 0 amide bonds. The SMILES string of the molecule is CC(C)[C@H](NCc1ccc(-c2ccccc2-c2nnn(C(c3ccccc3)(c3ccccc3)c3ccccc3)n2)cc1)C(=O)OC(=O)CCCCCc1ccccc1. The highest BCUT2D eigenvalue weighted by molar-refractivity contribution is 5.88. The van der Waals surface area contributed by atoms with Crippen molar-refractivity contribution in [3.8, 4) is 22.5 Å². The van der Waals surface area contributed by atoms with E-state index in [1.54, 1.807) is 4.80 Å². The average molecular weight is 768 g/mol. The van der Waals surface area contributed by atoms with Crippen LogP contribution in [0.2, 0.25) is 0 Å². The van der Waals surface area contributed by atoms with Crippen LogP contribution in [-0.2, 0) is 32.8 Å². The first-order valence-electron chi connectivity index (χ1n) is 20.1. The number of aryl methyl sites for hydroxylation is 1. The Balaban J connectivity index is 1.05. The minimum Gasteiger partial charge on any atom is -0.392 e. The molecule has 6 aromatic carbocycles. The van der Waals surface area contributed by atoms with Crippen LogP contribution in [0.25, 0.3) is 22.5 Å². The molecule has 0 aliphatic carbocycles. The molecule has 1 aromatic heterocycles. The maximum Gasteiger partial charge on any atom is 0.331 e. The molecule has 0 saturated carbocycles. The van der Waals surface area contributed by atoms with Crippen molar-refractivity contribution in [1.29, 1.82) is 0 Å². The van der Waals surface area contributed by atoms with E-state index in [0.717, 1.165) is 58.2 Å². The molecule has 0 radical (unpaired) electrons. The summed E-state index contributed by atoms with van der Waals surface area (Å²) >= 11 is 0. The number of aromatic nitrogens is 4. The van der Waals surface area contributed by atoms with Gasteiger partial charge in [0.2, 0.25) is 5.82 Å². The lowest BCUT2D eigenvalue weighted by Crippen LogP contribution is -2.42. The van der Waals surface area contributed by atoms with Crippen molar-refractivity contribution in [2.45, 2.75) is 64.1 Å². The molecule has 0 aliphatic rings. The second-order valence-corrected chi connectivity index (χ2v) is 14.9. The Kier molecular flexibility index (Phi) is 13.1. The van der Waals surface area contributed by atoms with Crippen LogP contribution >= 0.6 is 0 Å². The van der Waals surface area contributed by atoms with E-state index in [2.05, 4.69) is 72.0 Å². The zero-order valence-corrected chi connectivity index (χ0v) is 33.1. The molecule has 58 heavy (non-hydrogen) atoms. The molecule has 0 spiro atoms. The highest BCUT2D eigenvalue weighted by Crippen LogP contribution is 2.40. The van der Waals surface area contributed by atoms with Gasteiger partial charge in [-0.25, -0.2) is 4.79 Å². The third-order valence-electron chi connectivity index (χ3n) is 10.6. The molecule has 0 bridgehead atoms. The molecule has 0 aliphatic heterocycles. The number of rotatable bonds is 17. The maximum absolute atomic E-state index is 13.1. The Morgan fingerprint density at radius 2 is 1.16 bits per heavy atom. The summed E-state index contributed by atoms with van der Waals surface area (Å²) in [5, 5.41) is 17.9. The molecule has 1 atom stereocenters. The highest BCUT2D eigenvalue weighted by Gasteiger charge is 2.41. The van der Waals surface area contributed by atoms with Gasteiger partial charge in [0.1, 0.15) is 6.04 Å². The number of ether oxygens (including phenoxy) is 1. The Hall–Kier alpha value is -6.51. The van der Waals surface area contributed by atoms with Crippen molar-refractivity contribution in [3.05, 3.63) is 198 Å². The Morgan fingerprint density at radius 3 is 1.72 bits per heavy atom. The van der Waals surface area contributed by atoms with E-state index in [1.165, 1.54) is 5.56 Å². The number of hydrogen-bond acceptors (Lipinski definition) is 7. The van der Waals surface area contributed by atoms with Gasteiger partial charge in [0, 0.05) is 18.5 Å². The quantitative estimate of drug-likeness (QED) is 0.0426. The molecule has 292 valence electrons. The van der Waals surface area contributed by atoms with Gasteiger partial charge in [0.05, 0.1) is 0 Å². The number of nitrogens with zero attached hydrogens (tertiary/aromatic N) is 4. The van der Waals surface area contributed by atoms with Crippen LogP contribution in [0.4, 0.5) is 0 Å². The summed E-state index contributed by atoms with van der Waals surface area (Å²) in [6.45, 7) is 4.33. The molecule has 7 rings (SSSR count). The number of hydrogen-bond donors (Lipinski definition) is 1. The van der Waals surface area contributed by atoms with Crippen molar-refractivity contribution in [3.63, 3.8) is 0 Å². The Labute approximate surface area is 340 Å². The van der Waals surface area contributed by atoms with Crippen molar-refractivity contribution >= 4 is 11.9 Å². The monoisotopic (exact) mass is 767 g/mol. The van der Waals surface area contributed by atoms with E-state index in [-0.39, 0.29) is 12.3 Å². The Bertz CT molecular complexity index is 2270. The van der Waals surface area contributed by atoms with Gasteiger partial charge < -0.3 is 10.1 Å². The van der Waals surface area contributed by atoms with Crippen LogP contribution in [-0.4, -0.2) is 38.2 Å². The third-order valence-corrected chi connectivity index (χ3v) is 10.6. The van der Waals surface area contributed by atoms with Gasteiger partial charge in [0.15, 0.2) is 5.54 Å². The molecular formula is C50H49N5O3. The van der Waals surface area contributed by atoms with E-state index < -0.39 is 23.5 Å². The van der Waals surface area contributed by atoms with E-state index in [9.17, 15) is 9.59 Å². The molecule has 7 aromatic rings. The fourth-order valence-electron chi connectivity index (χ4n) is 7.55. The number of carbonyl (C=O) groups excluding carboxylic acids is 2. The standard InChI is InChI=1S/C50H49N5O3/c1-37(2)47(49(57)58-46(56)31-17-4-10-22-38-20-8-3-9-21-38)51-36-39-32-34-40(35-33-39)44-29-18-19-30-45(44)48-52-54-55(53-48)50(41-23-11-5-12-24-41,42-25-13-6-14-26-42)43-27-15-7-16-28-43/h3,5-9,11-16,18-21,23-30,32-35,37,47,51H,4,10,17,22,31,36H2,1-2H3/t47-/m0/s1. The van der Waals surface area contributed by atoms with E-state index in [4.69, 9.17) is 20.1 Å². The predicted molar refractivity (Wildman–Crippen MR) is 228 cm³/mol. The van der Waals surface area contributed by atoms with E-state index in [0.29, 0.717) is 18.8 Å². The Morgan fingerprint density at radius 1 is 0.621 bits per heavy atom. The second-order valence-electron chi connectivity index (χ2n) is 14.9. The first kappa shape index (κ1) is 39.7. The lowest BCUT2D eigenvalue weighted by Gasteiger charge is -2.34. The minimum absolute atomic E-state index is 0.0670. The van der Waals surface area contributed by atoms with Crippen LogP contribution in [0.5, 0.6) is 0 Å². The third kappa shape index (κ3) is 9.20. The van der Waals surface area contributed by atoms with Crippen LogP contribution in [0, 0.1) is 5.92 Å². The molecule has 1 N–H and O–H groups in total. The van der Waals surface area contributed by atoms with Crippen molar-refractivity contribution in [1.82, 2.24) is 25.5 Å². The summed E-state index contributed by atoms with van der Waals surface area (Å²) in [6, 6.07) is 56.9. The fourth-order valence-corrected chi connectivity index (χ4v) is 7.55. The van der Waals surface area contributed by atoms with Crippen molar-refractivity contribution < 1.29 is 14.3 Å².